The number of halogens is 1. The number of hydrogen-bond donors (Lipinski definition) is 0. The third kappa shape index (κ3) is 5.31. The summed E-state index contributed by atoms with van der Waals surface area (Å²) in [5.74, 6) is -0.0789. The Kier molecular flexibility index (Phi) is 8.27. The fraction of sp³-hybridized carbons (Fsp3) is 0.522. The zero-order valence-corrected chi connectivity index (χ0v) is 20.9. The lowest BCUT2D eigenvalue weighted by molar-refractivity contribution is 0.0376. The van der Waals surface area contributed by atoms with Crippen LogP contribution in [0, 0.1) is 20.8 Å². The first-order chi connectivity index (χ1) is 15.0. The lowest BCUT2D eigenvalue weighted by Crippen LogP contribution is -2.39. The molecule has 0 atom stereocenters. The summed E-state index contributed by atoms with van der Waals surface area (Å²) in [7, 11) is 0. The van der Waals surface area contributed by atoms with E-state index in [1.54, 1.807) is 11.3 Å². The highest BCUT2D eigenvalue weighted by atomic mass is 35.5. The number of rotatable bonds is 7. The van der Waals surface area contributed by atoms with E-state index in [0.29, 0.717) is 12.2 Å². The van der Waals surface area contributed by atoms with Gasteiger partial charge in [0.1, 0.15) is 0 Å². The second-order valence-electron chi connectivity index (χ2n) is 8.15. The van der Waals surface area contributed by atoms with E-state index in [1.807, 2.05) is 29.5 Å². The molecule has 0 aliphatic carbocycles. The molecule has 0 unspecified atom stereocenters. The number of ether oxygens (including phenoxy) is 1. The largest absolute Gasteiger partial charge is 0.379 e. The van der Waals surface area contributed by atoms with Crippen LogP contribution >= 0.6 is 23.7 Å². The molecule has 4 rings (SSSR count). The molecule has 3 heterocycles. The molecule has 0 saturated carbocycles. The van der Waals surface area contributed by atoms with Gasteiger partial charge in [-0.2, -0.15) is 5.10 Å². The zero-order valence-electron chi connectivity index (χ0n) is 19.3. The van der Waals surface area contributed by atoms with Crippen LogP contribution in [0.15, 0.2) is 18.2 Å². The second kappa shape index (κ2) is 10.7. The molecule has 174 valence electrons. The number of hydrogen-bond acceptors (Lipinski definition) is 6. The van der Waals surface area contributed by atoms with Crippen LogP contribution in [0.5, 0.6) is 0 Å². The molecule has 7 nitrogen and oxygen atoms in total. The van der Waals surface area contributed by atoms with Gasteiger partial charge in [0.2, 0.25) is 0 Å². The van der Waals surface area contributed by atoms with Gasteiger partial charge in [0.15, 0.2) is 10.8 Å². The van der Waals surface area contributed by atoms with Gasteiger partial charge < -0.3 is 4.74 Å². The number of thiazole rings is 1. The van der Waals surface area contributed by atoms with Crippen molar-refractivity contribution >= 4 is 45.0 Å². The van der Waals surface area contributed by atoms with E-state index in [1.165, 1.54) is 11.1 Å². The van der Waals surface area contributed by atoms with Crippen molar-refractivity contribution in [1.29, 1.82) is 0 Å². The summed E-state index contributed by atoms with van der Waals surface area (Å²) in [6, 6.07) is 6.15. The molecule has 1 fully saturated rings. The highest BCUT2D eigenvalue weighted by molar-refractivity contribution is 7.22. The summed E-state index contributed by atoms with van der Waals surface area (Å²) in [4.78, 5) is 22.5. The minimum atomic E-state index is -0.0789. The Labute approximate surface area is 199 Å². The quantitative estimate of drug-likeness (QED) is 0.509. The predicted molar refractivity (Wildman–Crippen MR) is 133 cm³/mol. The van der Waals surface area contributed by atoms with Crippen molar-refractivity contribution < 1.29 is 9.53 Å². The number of carbonyl (C=O) groups is 1. The number of carbonyl (C=O) groups excluding carboxylic acids is 1. The molecule has 9 heteroatoms. The van der Waals surface area contributed by atoms with Crippen LogP contribution in [-0.4, -0.2) is 65.0 Å². The fourth-order valence-electron chi connectivity index (χ4n) is 3.92. The Bertz CT molecular complexity index is 1030. The average Bonchev–Trinajstić information content (AvgIpc) is 3.34. The Hall–Kier alpha value is -2.00. The molecular formula is C23H32ClN5O2S. The first-order valence-electron chi connectivity index (χ1n) is 11.0. The van der Waals surface area contributed by atoms with Crippen molar-refractivity contribution in [3.63, 3.8) is 0 Å². The van der Waals surface area contributed by atoms with E-state index >= 15 is 0 Å². The van der Waals surface area contributed by atoms with Crippen LogP contribution in [0.1, 0.15) is 40.7 Å². The maximum atomic E-state index is 13.5. The van der Waals surface area contributed by atoms with Gasteiger partial charge in [-0.25, -0.2) is 4.98 Å². The minimum absolute atomic E-state index is 0. The summed E-state index contributed by atoms with van der Waals surface area (Å²) in [6.07, 6.45) is 0.882. The van der Waals surface area contributed by atoms with E-state index in [-0.39, 0.29) is 18.3 Å². The van der Waals surface area contributed by atoms with Gasteiger partial charge in [0.05, 0.1) is 23.4 Å². The van der Waals surface area contributed by atoms with Gasteiger partial charge in [-0.3, -0.25) is 19.3 Å². The van der Waals surface area contributed by atoms with Crippen molar-refractivity contribution in [2.75, 3.05) is 44.3 Å². The number of nitrogens with zero attached hydrogens (tertiary/aromatic N) is 5. The van der Waals surface area contributed by atoms with Crippen molar-refractivity contribution in [3.8, 4) is 0 Å². The molecule has 0 spiro atoms. The van der Waals surface area contributed by atoms with Gasteiger partial charge in [-0.1, -0.05) is 11.3 Å². The molecule has 2 aromatic heterocycles. The molecule has 1 saturated heterocycles. The predicted octanol–water partition coefficient (Wildman–Crippen LogP) is 4.23. The Morgan fingerprint density at radius 2 is 1.88 bits per heavy atom. The number of amides is 1. The topological polar surface area (TPSA) is 63.5 Å². The smallest absolute Gasteiger partial charge is 0.280 e. The Balaban J connectivity index is 0.00000289. The molecule has 32 heavy (non-hydrogen) atoms. The third-order valence-electron chi connectivity index (χ3n) is 5.93. The van der Waals surface area contributed by atoms with Gasteiger partial charge in [-0.05, 0) is 63.4 Å². The second-order valence-corrected chi connectivity index (χ2v) is 9.16. The van der Waals surface area contributed by atoms with Gasteiger partial charge in [0.25, 0.3) is 5.91 Å². The van der Waals surface area contributed by atoms with E-state index in [2.05, 4.69) is 36.0 Å². The molecule has 1 aliphatic heterocycles. The molecular weight excluding hydrogens is 446 g/mol. The number of aryl methyl sites for hydroxylation is 4. The molecule has 0 N–H and O–H groups in total. The summed E-state index contributed by atoms with van der Waals surface area (Å²) in [5, 5.41) is 5.28. The zero-order chi connectivity index (χ0) is 22.0. The van der Waals surface area contributed by atoms with E-state index in [0.717, 1.165) is 66.9 Å². The van der Waals surface area contributed by atoms with Gasteiger partial charge >= 0.3 is 0 Å². The van der Waals surface area contributed by atoms with Crippen LogP contribution in [0.4, 0.5) is 5.13 Å². The maximum Gasteiger partial charge on any atom is 0.280 e. The lowest BCUT2D eigenvalue weighted by Gasteiger charge is -2.27. The molecule has 0 bridgehead atoms. The van der Waals surface area contributed by atoms with Crippen LogP contribution in [0.2, 0.25) is 0 Å². The number of benzene rings is 1. The number of morpholine rings is 1. The number of aromatic nitrogens is 3. The summed E-state index contributed by atoms with van der Waals surface area (Å²) in [6.45, 7) is 14.0. The monoisotopic (exact) mass is 477 g/mol. The van der Waals surface area contributed by atoms with E-state index in [4.69, 9.17) is 9.72 Å². The molecule has 0 radical (unpaired) electrons. The Morgan fingerprint density at radius 3 is 2.56 bits per heavy atom. The lowest BCUT2D eigenvalue weighted by atomic mass is 10.1. The highest BCUT2D eigenvalue weighted by Crippen LogP contribution is 2.31. The fourth-order valence-corrected chi connectivity index (χ4v) is 4.99. The summed E-state index contributed by atoms with van der Waals surface area (Å²) < 4.78 is 8.42. The van der Waals surface area contributed by atoms with Crippen molar-refractivity contribution in [3.05, 3.63) is 40.7 Å². The SMILES string of the molecule is CCn1nc(C(=O)N(CCCN2CCOCC2)c2nc3cc(C)c(C)cc3s2)cc1C.Cl. The molecule has 1 amide bonds. The first kappa shape index (κ1) is 24.6. The van der Waals surface area contributed by atoms with Crippen LogP contribution in [0.25, 0.3) is 10.2 Å². The summed E-state index contributed by atoms with van der Waals surface area (Å²) >= 11 is 1.58. The number of fused-ring (bicyclic) bond motifs is 1. The van der Waals surface area contributed by atoms with Crippen molar-refractivity contribution in [1.82, 2.24) is 19.7 Å². The van der Waals surface area contributed by atoms with Gasteiger partial charge in [-0.15, -0.1) is 12.4 Å². The van der Waals surface area contributed by atoms with Crippen molar-refractivity contribution in [2.45, 2.75) is 40.7 Å². The standard InChI is InChI=1S/C23H31N5O2S.ClH/c1-5-28-18(4)15-20(25-28)22(29)27(8-6-7-26-9-11-30-12-10-26)23-24-19-13-16(2)17(3)14-21(19)31-23;/h13-15H,5-12H2,1-4H3;1H. The van der Waals surface area contributed by atoms with Crippen LogP contribution in [-0.2, 0) is 11.3 Å². The maximum absolute atomic E-state index is 13.5. The molecule has 1 aliphatic rings. The molecule has 1 aromatic carbocycles. The third-order valence-corrected chi connectivity index (χ3v) is 6.97. The minimum Gasteiger partial charge on any atom is -0.379 e. The average molecular weight is 478 g/mol. The Morgan fingerprint density at radius 1 is 1.16 bits per heavy atom. The number of anilines is 1. The van der Waals surface area contributed by atoms with Crippen LogP contribution < -0.4 is 4.90 Å². The van der Waals surface area contributed by atoms with Gasteiger partial charge in [0, 0.05) is 38.4 Å². The van der Waals surface area contributed by atoms with E-state index < -0.39 is 0 Å². The normalized spacial score (nSPS) is 14.5. The van der Waals surface area contributed by atoms with E-state index in [9.17, 15) is 4.79 Å². The van der Waals surface area contributed by atoms with Crippen molar-refractivity contribution in [2.24, 2.45) is 0 Å². The van der Waals surface area contributed by atoms with Crippen LogP contribution in [0.3, 0.4) is 0 Å². The summed E-state index contributed by atoms with van der Waals surface area (Å²) in [5.41, 5.74) is 4.88. The first-order valence-corrected chi connectivity index (χ1v) is 11.8. The molecule has 3 aromatic rings. The highest BCUT2D eigenvalue weighted by Gasteiger charge is 2.24.